The average molecular weight is 263 g/mol. The molecule has 4 heteroatoms. The number of ether oxygens (including phenoxy) is 1. The van der Waals surface area contributed by atoms with E-state index in [1.54, 1.807) is 7.11 Å². The van der Waals surface area contributed by atoms with Crippen LogP contribution in [0.3, 0.4) is 0 Å². The van der Waals surface area contributed by atoms with Gasteiger partial charge in [-0.2, -0.15) is 0 Å². The molecule has 106 valence electrons. The van der Waals surface area contributed by atoms with Crippen molar-refractivity contribution >= 4 is 5.84 Å². The summed E-state index contributed by atoms with van der Waals surface area (Å²) in [5.74, 6) is 7.17. The molecule has 1 aromatic rings. The molecule has 0 aliphatic heterocycles. The standard InChI is InChI=1S/C15H25N3O/c1-4-12(2)14(13-8-6-5-7-9-13)15(18-16)17-10-11-19-3/h5-9,12,14H,4,10-11,16H2,1-3H3,(H,17,18). The molecule has 0 fully saturated rings. The number of hydrogen-bond donors (Lipinski definition) is 2. The first kappa shape index (κ1) is 15.7. The van der Waals surface area contributed by atoms with Crippen molar-refractivity contribution in [2.24, 2.45) is 16.8 Å². The lowest BCUT2D eigenvalue weighted by Crippen LogP contribution is -2.38. The van der Waals surface area contributed by atoms with Crippen molar-refractivity contribution in [1.29, 1.82) is 0 Å². The lowest BCUT2D eigenvalue weighted by molar-refractivity contribution is 0.207. The number of hydrogen-bond acceptors (Lipinski definition) is 3. The van der Waals surface area contributed by atoms with Crippen LogP contribution in [0.4, 0.5) is 0 Å². The summed E-state index contributed by atoms with van der Waals surface area (Å²) in [5, 5.41) is 0. The number of nitrogens with two attached hydrogens (primary N) is 1. The van der Waals surface area contributed by atoms with Crippen LogP contribution < -0.4 is 11.3 Å². The highest BCUT2D eigenvalue weighted by Gasteiger charge is 2.23. The molecule has 0 heterocycles. The van der Waals surface area contributed by atoms with E-state index in [4.69, 9.17) is 10.6 Å². The molecule has 2 atom stereocenters. The van der Waals surface area contributed by atoms with Crippen molar-refractivity contribution in [2.75, 3.05) is 20.3 Å². The zero-order chi connectivity index (χ0) is 14.1. The van der Waals surface area contributed by atoms with E-state index in [1.165, 1.54) is 5.56 Å². The fourth-order valence-corrected chi connectivity index (χ4v) is 2.14. The number of nitrogens with zero attached hydrogens (tertiary/aromatic N) is 1. The van der Waals surface area contributed by atoms with Crippen molar-refractivity contribution in [3.05, 3.63) is 35.9 Å². The molecule has 0 aromatic heterocycles. The smallest absolute Gasteiger partial charge is 0.118 e. The molecule has 2 unspecified atom stereocenters. The number of aliphatic imine (C=N–C) groups is 1. The molecule has 4 nitrogen and oxygen atoms in total. The van der Waals surface area contributed by atoms with Crippen LogP contribution in [0.1, 0.15) is 31.7 Å². The van der Waals surface area contributed by atoms with Gasteiger partial charge >= 0.3 is 0 Å². The second-order valence-electron chi connectivity index (χ2n) is 4.68. The Labute approximate surface area is 116 Å². The first-order valence-corrected chi connectivity index (χ1v) is 6.79. The number of nitrogens with one attached hydrogen (secondary N) is 1. The maximum absolute atomic E-state index is 5.66. The van der Waals surface area contributed by atoms with Gasteiger partial charge < -0.3 is 10.2 Å². The normalized spacial score (nSPS) is 15.1. The Morgan fingerprint density at radius 1 is 1.37 bits per heavy atom. The van der Waals surface area contributed by atoms with Crippen LogP contribution in [0.2, 0.25) is 0 Å². The summed E-state index contributed by atoms with van der Waals surface area (Å²) >= 11 is 0. The fourth-order valence-electron chi connectivity index (χ4n) is 2.14. The third-order valence-corrected chi connectivity index (χ3v) is 3.39. The van der Waals surface area contributed by atoms with Crippen LogP contribution in [0, 0.1) is 5.92 Å². The number of methoxy groups -OCH3 is 1. The molecule has 0 aliphatic rings. The zero-order valence-electron chi connectivity index (χ0n) is 12.1. The zero-order valence-corrected chi connectivity index (χ0v) is 12.1. The van der Waals surface area contributed by atoms with Gasteiger partial charge in [-0.25, -0.2) is 5.84 Å². The molecule has 0 bridgehead atoms. The van der Waals surface area contributed by atoms with E-state index in [0.717, 1.165) is 12.3 Å². The SMILES string of the molecule is CCC(C)C(C(=NCCOC)NN)c1ccccc1. The van der Waals surface area contributed by atoms with E-state index in [1.807, 2.05) is 18.2 Å². The molecule has 1 rings (SSSR count). The highest BCUT2D eigenvalue weighted by Crippen LogP contribution is 2.27. The molecule has 0 saturated carbocycles. The second kappa shape index (κ2) is 8.67. The van der Waals surface area contributed by atoms with Crippen LogP contribution in [0.15, 0.2) is 35.3 Å². The van der Waals surface area contributed by atoms with Gasteiger partial charge in [0.05, 0.1) is 13.2 Å². The Morgan fingerprint density at radius 2 is 2.05 bits per heavy atom. The van der Waals surface area contributed by atoms with Gasteiger partial charge in [0.2, 0.25) is 0 Å². The second-order valence-corrected chi connectivity index (χ2v) is 4.68. The molecule has 3 N–H and O–H groups in total. The van der Waals surface area contributed by atoms with Crippen molar-refractivity contribution in [3.63, 3.8) is 0 Å². The van der Waals surface area contributed by atoms with Crippen LogP contribution in [0.5, 0.6) is 0 Å². The summed E-state index contributed by atoms with van der Waals surface area (Å²) in [6.07, 6.45) is 1.07. The number of rotatable bonds is 7. The molecule has 0 saturated heterocycles. The van der Waals surface area contributed by atoms with Crippen molar-refractivity contribution in [3.8, 4) is 0 Å². The monoisotopic (exact) mass is 263 g/mol. The Bertz CT molecular complexity index is 378. The van der Waals surface area contributed by atoms with Gasteiger partial charge in [0.25, 0.3) is 0 Å². The molecular formula is C15H25N3O. The van der Waals surface area contributed by atoms with E-state index in [9.17, 15) is 0 Å². The summed E-state index contributed by atoms with van der Waals surface area (Å²) in [7, 11) is 1.68. The van der Waals surface area contributed by atoms with Crippen LogP contribution >= 0.6 is 0 Å². The minimum absolute atomic E-state index is 0.202. The lowest BCUT2D eigenvalue weighted by Gasteiger charge is -2.25. The molecular weight excluding hydrogens is 238 g/mol. The van der Waals surface area contributed by atoms with E-state index in [2.05, 4.69) is 36.4 Å². The Hall–Kier alpha value is -1.39. The van der Waals surface area contributed by atoms with Gasteiger partial charge in [-0.1, -0.05) is 50.6 Å². The summed E-state index contributed by atoms with van der Waals surface area (Å²) in [6.45, 7) is 5.63. The van der Waals surface area contributed by atoms with Gasteiger partial charge in [-0.3, -0.25) is 4.99 Å². The number of benzene rings is 1. The van der Waals surface area contributed by atoms with Gasteiger partial charge in [0, 0.05) is 13.0 Å². The Kier molecular flexibility index (Phi) is 7.15. The molecule has 1 aromatic carbocycles. The predicted molar refractivity (Wildman–Crippen MR) is 80.1 cm³/mol. The van der Waals surface area contributed by atoms with Gasteiger partial charge in [-0.15, -0.1) is 0 Å². The summed E-state index contributed by atoms with van der Waals surface area (Å²) in [6, 6.07) is 10.4. The first-order valence-electron chi connectivity index (χ1n) is 6.79. The highest BCUT2D eigenvalue weighted by atomic mass is 16.5. The first-order chi connectivity index (χ1) is 9.24. The van der Waals surface area contributed by atoms with Crippen molar-refractivity contribution in [1.82, 2.24) is 5.43 Å². The molecule has 0 aliphatic carbocycles. The van der Waals surface area contributed by atoms with E-state index in [0.29, 0.717) is 19.1 Å². The molecule has 19 heavy (non-hydrogen) atoms. The Balaban J connectivity index is 2.98. The third-order valence-electron chi connectivity index (χ3n) is 3.39. The minimum Gasteiger partial charge on any atom is -0.383 e. The van der Waals surface area contributed by atoms with Crippen LogP contribution in [-0.2, 0) is 4.74 Å². The summed E-state index contributed by atoms with van der Waals surface area (Å²) < 4.78 is 5.03. The van der Waals surface area contributed by atoms with E-state index in [-0.39, 0.29) is 5.92 Å². The average Bonchev–Trinajstić information content (AvgIpc) is 2.47. The number of amidine groups is 1. The summed E-state index contributed by atoms with van der Waals surface area (Å²) in [4.78, 5) is 4.53. The third kappa shape index (κ3) is 4.65. The molecule has 0 radical (unpaired) electrons. The molecule has 0 amide bonds. The van der Waals surface area contributed by atoms with Crippen LogP contribution in [-0.4, -0.2) is 26.1 Å². The molecule has 0 spiro atoms. The van der Waals surface area contributed by atoms with E-state index >= 15 is 0 Å². The lowest BCUT2D eigenvalue weighted by atomic mass is 9.84. The maximum atomic E-state index is 5.66. The highest BCUT2D eigenvalue weighted by molar-refractivity contribution is 5.88. The number of hydrazine groups is 1. The largest absolute Gasteiger partial charge is 0.383 e. The van der Waals surface area contributed by atoms with Gasteiger partial charge in [-0.05, 0) is 11.5 Å². The maximum Gasteiger partial charge on any atom is 0.118 e. The quantitative estimate of drug-likeness (QED) is 0.261. The predicted octanol–water partition coefficient (Wildman–Crippen LogP) is 2.32. The topological polar surface area (TPSA) is 59.6 Å². The van der Waals surface area contributed by atoms with Crippen LogP contribution in [0.25, 0.3) is 0 Å². The van der Waals surface area contributed by atoms with E-state index < -0.39 is 0 Å². The van der Waals surface area contributed by atoms with Gasteiger partial charge in [0.1, 0.15) is 5.84 Å². The van der Waals surface area contributed by atoms with Gasteiger partial charge in [0.15, 0.2) is 0 Å². The van der Waals surface area contributed by atoms with Crippen molar-refractivity contribution < 1.29 is 4.74 Å². The fraction of sp³-hybridized carbons (Fsp3) is 0.533. The minimum atomic E-state index is 0.202. The summed E-state index contributed by atoms with van der Waals surface area (Å²) in [5.41, 5.74) is 4.01. The Morgan fingerprint density at radius 3 is 2.58 bits per heavy atom. The van der Waals surface area contributed by atoms with Crippen molar-refractivity contribution in [2.45, 2.75) is 26.2 Å².